The zero-order chi connectivity index (χ0) is 9.84. The van der Waals surface area contributed by atoms with Crippen molar-refractivity contribution >= 4 is 0 Å². The van der Waals surface area contributed by atoms with Gasteiger partial charge < -0.3 is 15.2 Å². The SMILES string of the molecule is COc1ccc(OC)c([C@H](C)N)c1. The number of rotatable bonds is 3. The highest BCUT2D eigenvalue weighted by molar-refractivity contribution is 5.41. The molecule has 0 aliphatic carbocycles. The average Bonchev–Trinajstić information content (AvgIpc) is 2.16. The molecule has 3 nitrogen and oxygen atoms in total. The van der Waals surface area contributed by atoms with Gasteiger partial charge >= 0.3 is 0 Å². The third kappa shape index (κ3) is 2.12. The second-order valence-electron chi connectivity index (χ2n) is 2.90. The summed E-state index contributed by atoms with van der Waals surface area (Å²) in [6.45, 7) is 1.91. The minimum atomic E-state index is -0.0509. The minimum absolute atomic E-state index is 0.0509. The van der Waals surface area contributed by atoms with Gasteiger partial charge in [-0.15, -0.1) is 0 Å². The third-order valence-corrected chi connectivity index (χ3v) is 1.93. The maximum Gasteiger partial charge on any atom is 0.123 e. The molecule has 0 radical (unpaired) electrons. The zero-order valence-electron chi connectivity index (χ0n) is 8.20. The molecule has 0 aliphatic heterocycles. The summed E-state index contributed by atoms with van der Waals surface area (Å²) in [4.78, 5) is 0. The van der Waals surface area contributed by atoms with E-state index in [4.69, 9.17) is 15.2 Å². The van der Waals surface area contributed by atoms with Gasteiger partial charge in [-0.05, 0) is 25.1 Å². The van der Waals surface area contributed by atoms with Crippen LogP contribution in [-0.4, -0.2) is 14.2 Å². The highest BCUT2D eigenvalue weighted by atomic mass is 16.5. The molecule has 72 valence electrons. The lowest BCUT2D eigenvalue weighted by molar-refractivity contribution is 0.396. The number of nitrogens with two attached hydrogens (primary N) is 1. The van der Waals surface area contributed by atoms with Crippen molar-refractivity contribution in [3.05, 3.63) is 23.8 Å². The maximum absolute atomic E-state index is 5.78. The summed E-state index contributed by atoms with van der Waals surface area (Å²) in [6, 6.07) is 5.55. The van der Waals surface area contributed by atoms with Crippen molar-refractivity contribution < 1.29 is 9.47 Å². The van der Waals surface area contributed by atoms with Crippen LogP contribution in [0, 0.1) is 0 Å². The lowest BCUT2D eigenvalue weighted by Gasteiger charge is -2.12. The van der Waals surface area contributed by atoms with Gasteiger partial charge in [-0.3, -0.25) is 0 Å². The summed E-state index contributed by atoms with van der Waals surface area (Å²) in [5, 5.41) is 0. The summed E-state index contributed by atoms with van der Waals surface area (Å²) < 4.78 is 10.3. The Morgan fingerprint density at radius 1 is 1.23 bits per heavy atom. The van der Waals surface area contributed by atoms with Crippen molar-refractivity contribution in [2.75, 3.05) is 14.2 Å². The van der Waals surface area contributed by atoms with Gasteiger partial charge in [0.15, 0.2) is 0 Å². The quantitative estimate of drug-likeness (QED) is 0.772. The first-order chi connectivity index (χ1) is 6.19. The van der Waals surface area contributed by atoms with E-state index in [9.17, 15) is 0 Å². The van der Waals surface area contributed by atoms with Crippen molar-refractivity contribution in [3.63, 3.8) is 0 Å². The van der Waals surface area contributed by atoms with E-state index in [0.717, 1.165) is 17.1 Å². The van der Waals surface area contributed by atoms with Crippen LogP contribution in [0.15, 0.2) is 18.2 Å². The van der Waals surface area contributed by atoms with Gasteiger partial charge in [0.1, 0.15) is 11.5 Å². The first-order valence-corrected chi connectivity index (χ1v) is 4.16. The van der Waals surface area contributed by atoms with Crippen LogP contribution in [0.3, 0.4) is 0 Å². The minimum Gasteiger partial charge on any atom is -0.497 e. The molecule has 1 rings (SSSR count). The molecule has 0 unspecified atom stereocenters. The summed E-state index contributed by atoms with van der Waals surface area (Å²) in [6.07, 6.45) is 0. The molecule has 0 aromatic heterocycles. The molecular formula is C10H15NO2. The number of hydrogen-bond donors (Lipinski definition) is 1. The van der Waals surface area contributed by atoms with E-state index >= 15 is 0 Å². The van der Waals surface area contributed by atoms with Crippen LogP contribution >= 0.6 is 0 Å². The summed E-state index contributed by atoms with van der Waals surface area (Å²) in [7, 11) is 3.26. The van der Waals surface area contributed by atoms with Crippen molar-refractivity contribution in [2.24, 2.45) is 5.73 Å². The molecule has 0 saturated carbocycles. The van der Waals surface area contributed by atoms with Gasteiger partial charge in [-0.1, -0.05) is 0 Å². The highest BCUT2D eigenvalue weighted by Gasteiger charge is 2.08. The Hall–Kier alpha value is -1.22. The second kappa shape index (κ2) is 4.14. The second-order valence-corrected chi connectivity index (χ2v) is 2.90. The Kier molecular flexibility index (Phi) is 3.14. The van der Waals surface area contributed by atoms with E-state index in [1.807, 2.05) is 25.1 Å². The largest absolute Gasteiger partial charge is 0.497 e. The van der Waals surface area contributed by atoms with E-state index in [0.29, 0.717) is 0 Å². The Balaban J connectivity index is 3.10. The van der Waals surface area contributed by atoms with Crippen LogP contribution in [0.2, 0.25) is 0 Å². The topological polar surface area (TPSA) is 44.5 Å². The van der Waals surface area contributed by atoms with Gasteiger partial charge in [0.2, 0.25) is 0 Å². The fraction of sp³-hybridized carbons (Fsp3) is 0.400. The van der Waals surface area contributed by atoms with Gasteiger partial charge in [-0.2, -0.15) is 0 Å². The van der Waals surface area contributed by atoms with E-state index in [1.165, 1.54) is 0 Å². The van der Waals surface area contributed by atoms with E-state index in [-0.39, 0.29) is 6.04 Å². The first kappa shape index (κ1) is 9.86. The summed E-state index contributed by atoms with van der Waals surface area (Å²) in [5.41, 5.74) is 6.74. The lowest BCUT2D eigenvalue weighted by Crippen LogP contribution is -2.07. The first-order valence-electron chi connectivity index (χ1n) is 4.16. The number of ether oxygens (including phenoxy) is 2. The highest BCUT2D eigenvalue weighted by Crippen LogP contribution is 2.27. The summed E-state index contributed by atoms with van der Waals surface area (Å²) >= 11 is 0. The predicted molar refractivity (Wildman–Crippen MR) is 52.1 cm³/mol. The molecule has 2 N–H and O–H groups in total. The van der Waals surface area contributed by atoms with Crippen molar-refractivity contribution in [1.82, 2.24) is 0 Å². The molecule has 0 saturated heterocycles. The number of benzene rings is 1. The molecule has 13 heavy (non-hydrogen) atoms. The van der Waals surface area contributed by atoms with Gasteiger partial charge in [0.25, 0.3) is 0 Å². The number of hydrogen-bond acceptors (Lipinski definition) is 3. The molecule has 0 aliphatic rings. The van der Waals surface area contributed by atoms with Crippen molar-refractivity contribution in [2.45, 2.75) is 13.0 Å². The molecular weight excluding hydrogens is 166 g/mol. The maximum atomic E-state index is 5.78. The molecule has 1 aromatic rings. The predicted octanol–water partition coefficient (Wildman–Crippen LogP) is 1.72. The number of methoxy groups -OCH3 is 2. The van der Waals surface area contributed by atoms with Gasteiger partial charge in [0.05, 0.1) is 14.2 Å². The normalized spacial score (nSPS) is 12.3. The molecule has 0 spiro atoms. The standard InChI is InChI=1S/C10H15NO2/c1-7(11)9-6-8(12-2)4-5-10(9)13-3/h4-7H,11H2,1-3H3/t7-/m0/s1. The van der Waals surface area contributed by atoms with Crippen LogP contribution < -0.4 is 15.2 Å². The molecule has 3 heteroatoms. The van der Waals surface area contributed by atoms with Crippen molar-refractivity contribution in [1.29, 1.82) is 0 Å². The summed E-state index contributed by atoms with van der Waals surface area (Å²) in [5.74, 6) is 1.60. The monoisotopic (exact) mass is 181 g/mol. The zero-order valence-corrected chi connectivity index (χ0v) is 8.20. The van der Waals surface area contributed by atoms with Crippen LogP contribution in [0.25, 0.3) is 0 Å². The molecule has 1 atom stereocenters. The lowest BCUT2D eigenvalue weighted by atomic mass is 10.1. The van der Waals surface area contributed by atoms with Gasteiger partial charge in [0, 0.05) is 11.6 Å². The smallest absolute Gasteiger partial charge is 0.123 e. The van der Waals surface area contributed by atoms with E-state index < -0.39 is 0 Å². The average molecular weight is 181 g/mol. The van der Waals surface area contributed by atoms with Crippen LogP contribution in [0.5, 0.6) is 11.5 Å². The Morgan fingerprint density at radius 3 is 2.38 bits per heavy atom. The molecule has 0 amide bonds. The fourth-order valence-electron chi connectivity index (χ4n) is 1.20. The Morgan fingerprint density at radius 2 is 1.92 bits per heavy atom. The Bertz CT molecular complexity index is 284. The molecule has 0 fully saturated rings. The van der Waals surface area contributed by atoms with E-state index in [2.05, 4.69) is 0 Å². The van der Waals surface area contributed by atoms with Gasteiger partial charge in [-0.25, -0.2) is 0 Å². The van der Waals surface area contributed by atoms with E-state index in [1.54, 1.807) is 14.2 Å². The Labute approximate surface area is 78.5 Å². The van der Waals surface area contributed by atoms with Crippen LogP contribution in [-0.2, 0) is 0 Å². The third-order valence-electron chi connectivity index (χ3n) is 1.93. The van der Waals surface area contributed by atoms with Crippen LogP contribution in [0.1, 0.15) is 18.5 Å². The molecule has 1 aromatic carbocycles. The van der Waals surface area contributed by atoms with Crippen molar-refractivity contribution in [3.8, 4) is 11.5 Å². The molecule has 0 bridgehead atoms. The van der Waals surface area contributed by atoms with Crippen LogP contribution in [0.4, 0.5) is 0 Å². The molecule has 0 heterocycles. The fourth-order valence-corrected chi connectivity index (χ4v) is 1.20.